The lowest BCUT2D eigenvalue weighted by Crippen LogP contribution is -2.60. The van der Waals surface area contributed by atoms with E-state index in [1.54, 1.807) is 6.08 Å². The molecular formula is C74H137NO10. The second kappa shape index (κ2) is 63.2. The average molecular weight is 1200 g/mol. The Labute approximate surface area is 523 Å². The molecule has 11 heteroatoms. The van der Waals surface area contributed by atoms with Crippen molar-refractivity contribution in [2.45, 2.75) is 391 Å². The van der Waals surface area contributed by atoms with Crippen molar-refractivity contribution in [1.29, 1.82) is 0 Å². The van der Waals surface area contributed by atoms with Crippen molar-refractivity contribution in [1.82, 2.24) is 5.32 Å². The van der Waals surface area contributed by atoms with Crippen LogP contribution in [0.15, 0.2) is 48.6 Å². The van der Waals surface area contributed by atoms with Crippen molar-refractivity contribution < 1.29 is 49.3 Å². The van der Waals surface area contributed by atoms with Gasteiger partial charge in [0.2, 0.25) is 5.91 Å². The van der Waals surface area contributed by atoms with Crippen molar-refractivity contribution in [3.8, 4) is 0 Å². The first-order valence-corrected chi connectivity index (χ1v) is 36.4. The lowest BCUT2D eigenvalue weighted by atomic mass is 9.99. The summed E-state index contributed by atoms with van der Waals surface area (Å²) in [5.74, 6) is -0.186. The summed E-state index contributed by atoms with van der Waals surface area (Å²) in [6, 6.07) is -0.825. The van der Waals surface area contributed by atoms with Gasteiger partial charge >= 0.3 is 5.97 Å². The summed E-state index contributed by atoms with van der Waals surface area (Å²) < 4.78 is 16.7. The molecule has 0 saturated carbocycles. The van der Waals surface area contributed by atoms with Gasteiger partial charge in [0.15, 0.2) is 6.29 Å². The molecule has 1 fully saturated rings. The molecule has 1 saturated heterocycles. The lowest BCUT2D eigenvalue weighted by molar-refractivity contribution is -0.302. The Morgan fingerprint density at radius 2 is 0.765 bits per heavy atom. The maximum Gasteiger partial charge on any atom is 0.305 e. The van der Waals surface area contributed by atoms with Crippen molar-refractivity contribution in [2.24, 2.45) is 0 Å². The average Bonchev–Trinajstić information content (AvgIpc) is 3.15. The van der Waals surface area contributed by atoms with Crippen LogP contribution >= 0.6 is 0 Å². The van der Waals surface area contributed by atoms with Crippen LogP contribution in [0.1, 0.15) is 348 Å². The van der Waals surface area contributed by atoms with Gasteiger partial charge in [0.1, 0.15) is 24.4 Å². The SMILES string of the molecule is CCCCC/C=C/CC/C=C/C(O)C(COC1OC(CO)C(O)C(O)C1O)NC(=O)CCCCCCCCCCCCCCCC/C=C\CCCCCCCCCCCCCCOC(=O)CCCCCCCCC/C=C\CCCCCCCCC. The molecule has 0 aromatic heterocycles. The van der Waals surface area contributed by atoms with Crippen LogP contribution in [-0.2, 0) is 23.8 Å². The molecule has 11 nitrogen and oxygen atoms in total. The van der Waals surface area contributed by atoms with Gasteiger partial charge in [-0.2, -0.15) is 0 Å². The smallest absolute Gasteiger partial charge is 0.305 e. The number of carbonyl (C=O) groups excluding carboxylic acids is 2. The number of amides is 1. The third-order valence-corrected chi connectivity index (χ3v) is 17.1. The molecule has 1 aliphatic heterocycles. The van der Waals surface area contributed by atoms with Gasteiger partial charge in [-0.3, -0.25) is 9.59 Å². The topological polar surface area (TPSA) is 175 Å². The summed E-state index contributed by atoms with van der Waals surface area (Å²) in [7, 11) is 0. The summed E-state index contributed by atoms with van der Waals surface area (Å²) in [5.41, 5.74) is 0. The van der Waals surface area contributed by atoms with Crippen molar-refractivity contribution in [3.05, 3.63) is 48.6 Å². The van der Waals surface area contributed by atoms with Crippen LogP contribution in [0, 0.1) is 0 Å². The molecule has 7 atom stereocenters. The maximum absolute atomic E-state index is 13.0. The number of nitrogens with one attached hydrogen (secondary N) is 1. The first-order chi connectivity index (χ1) is 41.7. The number of esters is 1. The van der Waals surface area contributed by atoms with Crippen molar-refractivity contribution >= 4 is 11.9 Å². The zero-order chi connectivity index (χ0) is 61.6. The molecule has 1 aliphatic rings. The van der Waals surface area contributed by atoms with E-state index in [1.807, 2.05) is 6.08 Å². The molecule has 1 heterocycles. The minimum atomic E-state index is -1.58. The quantitative estimate of drug-likeness (QED) is 0.0195. The number of ether oxygens (including phenoxy) is 3. The maximum atomic E-state index is 13.0. The number of hydrogen-bond acceptors (Lipinski definition) is 10. The van der Waals surface area contributed by atoms with Gasteiger partial charge in [-0.05, 0) is 96.3 Å². The molecule has 0 bridgehead atoms. The van der Waals surface area contributed by atoms with Gasteiger partial charge in [0.25, 0.3) is 0 Å². The monoisotopic (exact) mass is 1200 g/mol. The van der Waals surface area contributed by atoms with Gasteiger partial charge in [-0.25, -0.2) is 0 Å². The number of rotatable bonds is 64. The third-order valence-electron chi connectivity index (χ3n) is 17.1. The Hall–Kier alpha value is -2.38. The second-order valence-corrected chi connectivity index (χ2v) is 25.3. The molecule has 1 amide bonds. The number of unbranched alkanes of at least 4 members (excludes halogenated alkanes) is 44. The highest BCUT2D eigenvalue weighted by atomic mass is 16.7. The Balaban J connectivity index is 1.90. The summed E-state index contributed by atoms with van der Waals surface area (Å²) in [5, 5.41) is 54.2. The Kier molecular flexibility index (Phi) is 60.0. The van der Waals surface area contributed by atoms with Crippen LogP contribution in [0.25, 0.3) is 0 Å². The van der Waals surface area contributed by atoms with Crippen LogP contribution in [0.5, 0.6) is 0 Å². The fourth-order valence-electron chi connectivity index (χ4n) is 11.4. The number of allylic oxidation sites excluding steroid dienone is 7. The van der Waals surface area contributed by atoms with Gasteiger partial charge in [0, 0.05) is 12.8 Å². The molecule has 7 unspecified atom stereocenters. The summed E-state index contributed by atoms with van der Waals surface area (Å²) in [4.78, 5) is 25.1. The first kappa shape index (κ1) is 80.6. The first-order valence-electron chi connectivity index (χ1n) is 36.4. The normalized spacial score (nSPS) is 18.2. The molecule has 498 valence electrons. The molecule has 85 heavy (non-hydrogen) atoms. The van der Waals surface area contributed by atoms with Crippen LogP contribution in [0.2, 0.25) is 0 Å². The van der Waals surface area contributed by atoms with E-state index in [9.17, 15) is 35.1 Å². The standard InChI is InChI=1S/C74H137NO10/c1-3-5-7-9-11-13-14-15-16-17-33-36-39-42-46-50-54-58-62-70(79)83-63-59-55-51-47-43-40-37-34-31-29-27-25-23-21-19-18-20-22-24-26-28-30-32-35-38-41-45-49-53-57-61-69(78)75-66(67(77)60-56-52-48-44-12-10-8-6-4-2)65-84-74-73(82)72(81)71(80)68(64-76)85-74/h12,16-17,19,21,44,56,60,66-68,71-74,76-77,80-82H,3-11,13-15,18,20,22-43,45-55,57-59,61-65H2,1-2H3,(H,75,78)/b17-16-,21-19-,44-12+,60-56+. The van der Waals surface area contributed by atoms with Gasteiger partial charge in [-0.1, -0.05) is 287 Å². The highest BCUT2D eigenvalue weighted by Crippen LogP contribution is 2.23. The van der Waals surface area contributed by atoms with E-state index in [0.717, 1.165) is 57.8 Å². The molecule has 0 aromatic rings. The van der Waals surface area contributed by atoms with Crippen LogP contribution in [0.4, 0.5) is 0 Å². The molecule has 0 radical (unpaired) electrons. The number of aliphatic hydroxyl groups excluding tert-OH is 5. The van der Waals surface area contributed by atoms with E-state index in [2.05, 4.69) is 55.6 Å². The highest BCUT2D eigenvalue weighted by Gasteiger charge is 2.44. The Morgan fingerprint density at radius 1 is 0.424 bits per heavy atom. The minimum absolute atomic E-state index is 0.00577. The van der Waals surface area contributed by atoms with Crippen molar-refractivity contribution in [2.75, 3.05) is 19.8 Å². The third kappa shape index (κ3) is 52.1. The number of carbonyl (C=O) groups is 2. The number of aliphatic hydroxyl groups is 5. The predicted octanol–water partition coefficient (Wildman–Crippen LogP) is 18.7. The zero-order valence-electron chi connectivity index (χ0n) is 55.3. The molecule has 0 aliphatic carbocycles. The van der Waals surface area contributed by atoms with Crippen LogP contribution < -0.4 is 5.32 Å². The van der Waals surface area contributed by atoms with Gasteiger partial charge < -0.3 is 45.1 Å². The van der Waals surface area contributed by atoms with E-state index in [-0.39, 0.29) is 18.5 Å². The number of hydrogen-bond donors (Lipinski definition) is 6. The van der Waals surface area contributed by atoms with Crippen LogP contribution in [-0.4, -0.2) is 100 Å². The van der Waals surface area contributed by atoms with E-state index < -0.39 is 49.5 Å². The Bertz CT molecular complexity index is 1550. The summed E-state index contributed by atoms with van der Waals surface area (Å²) in [6.45, 7) is 4.30. The second-order valence-electron chi connectivity index (χ2n) is 25.3. The molecule has 0 aromatic carbocycles. The predicted molar refractivity (Wildman–Crippen MR) is 357 cm³/mol. The minimum Gasteiger partial charge on any atom is -0.466 e. The lowest BCUT2D eigenvalue weighted by Gasteiger charge is -2.40. The highest BCUT2D eigenvalue weighted by molar-refractivity contribution is 5.76. The van der Waals surface area contributed by atoms with E-state index in [4.69, 9.17) is 14.2 Å². The molecule has 0 spiro atoms. The molecule has 6 N–H and O–H groups in total. The molecule has 1 rings (SSSR count). The van der Waals surface area contributed by atoms with Crippen molar-refractivity contribution in [3.63, 3.8) is 0 Å². The van der Waals surface area contributed by atoms with E-state index in [0.29, 0.717) is 19.4 Å². The molecular weight excluding hydrogens is 1060 g/mol. The van der Waals surface area contributed by atoms with Gasteiger partial charge in [0.05, 0.1) is 32.0 Å². The summed E-state index contributed by atoms with van der Waals surface area (Å²) in [6.07, 6.45) is 72.8. The fraction of sp³-hybridized carbons (Fsp3) is 0.865. The largest absolute Gasteiger partial charge is 0.466 e. The van der Waals surface area contributed by atoms with E-state index in [1.165, 1.54) is 263 Å². The fourth-order valence-corrected chi connectivity index (χ4v) is 11.4. The Morgan fingerprint density at radius 3 is 1.19 bits per heavy atom. The van der Waals surface area contributed by atoms with Crippen LogP contribution in [0.3, 0.4) is 0 Å². The zero-order valence-corrected chi connectivity index (χ0v) is 55.3. The summed E-state index contributed by atoms with van der Waals surface area (Å²) >= 11 is 0. The van der Waals surface area contributed by atoms with E-state index >= 15 is 0 Å². The van der Waals surface area contributed by atoms with Gasteiger partial charge in [-0.15, -0.1) is 0 Å².